The maximum absolute atomic E-state index is 13.1. The summed E-state index contributed by atoms with van der Waals surface area (Å²) in [5.41, 5.74) is 1.47. The second-order valence-electron chi connectivity index (χ2n) is 13.3. The predicted molar refractivity (Wildman–Crippen MR) is 164 cm³/mol. The number of unbranched alkanes of at least 4 members (excludes halogenated alkanes) is 2. The number of carbonyl (C=O) groups excluding carboxylic acids is 2. The van der Waals surface area contributed by atoms with Gasteiger partial charge in [0.05, 0.1) is 27.2 Å². The van der Waals surface area contributed by atoms with E-state index < -0.39 is 11.0 Å². The average Bonchev–Trinajstić information content (AvgIpc) is 2.93. The Morgan fingerprint density at radius 3 is 2.54 bits per heavy atom. The van der Waals surface area contributed by atoms with E-state index in [2.05, 4.69) is 62.6 Å². The van der Waals surface area contributed by atoms with Gasteiger partial charge in [0.25, 0.3) is 0 Å². The summed E-state index contributed by atoms with van der Waals surface area (Å²) in [5.74, 6) is 1.25. The first-order chi connectivity index (χ1) is 19.6. The zero-order chi connectivity index (χ0) is 29.5. The van der Waals surface area contributed by atoms with Gasteiger partial charge in [-0.1, -0.05) is 62.7 Å². The summed E-state index contributed by atoms with van der Waals surface area (Å²) < 4.78 is 13.0. The molecule has 0 bridgehead atoms. The van der Waals surface area contributed by atoms with Gasteiger partial charge >= 0.3 is 5.97 Å². The van der Waals surface area contributed by atoms with Gasteiger partial charge < -0.3 is 19.3 Å². The molecular weight excluding hydrogens is 512 g/mol. The van der Waals surface area contributed by atoms with E-state index in [1.54, 1.807) is 7.11 Å². The van der Waals surface area contributed by atoms with Crippen LogP contribution in [0.5, 0.6) is 5.75 Å². The lowest BCUT2D eigenvalue weighted by atomic mass is 9.54. The van der Waals surface area contributed by atoms with Crippen LogP contribution in [0.15, 0.2) is 54.6 Å². The number of fused-ring (bicyclic) bond motifs is 1. The molecule has 0 spiro atoms. The van der Waals surface area contributed by atoms with Gasteiger partial charge in [-0.2, -0.15) is 0 Å². The Morgan fingerprint density at radius 1 is 1.05 bits per heavy atom. The quantitative estimate of drug-likeness (QED) is 0.189. The SMILES string of the molecule is COc1cccc([C@]23CC[N@@+](C)(CC(C)C)CC2(OC(C)=O)CC[C@H](NC(=O)CCCCCc2ccccc2)C3)c1. The van der Waals surface area contributed by atoms with Crippen molar-refractivity contribution in [3.8, 4) is 5.75 Å². The smallest absolute Gasteiger partial charge is 0.303 e. The lowest BCUT2D eigenvalue weighted by Gasteiger charge is -2.61. The number of carbonyl (C=O) groups is 2. The molecule has 6 nitrogen and oxygen atoms in total. The largest absolute Gasteiger partial charge is 0.497 e. The highest BCUT2D eigenvalue weighted by Gasteiger charge is 2.64. The van der Waals surface area contributed by atoms with Gasteiger partial charge in [0.1, 0.15) is 12.3 Å². The molecule has 0 aromatic heterocycles. The van der Waals surface area contributed by atoms with Crippen molar-refractivity contribution in [2.75, 3.05) is 33.8 Å². The third-order valence-electron chi connectivity index (χ3n) is 9.42. The number of amides is 1. The van der Waals surface area contributed by atoms with Crippen molar-refractivity contribution in [3.05, 3.63) is 65.7 Å². The first-order valence-corrected chi connectivity index (χ1v) is 15.6. The van der Waals surface area contributed by atoms with E-state index in [-0.39, 0.29) is 17.9 Å². The number of hydrogen-bond donors (Lipinski definition) is 1. The topological polar surface area (TPSA) is 64.6 Å². The average molecular weight is 564 g/mol. The number of nitrogens with one attached hydrogen (secondary N) is 1. The molecule has 41 heavy (non-hydrogen) atoms. The van der Waals surface area contributed by atoms with Crippen molar-refractivity contribution in [2.45, 2.75) is 95.6 Å². The van der Waals surface area contributed by atoms with E-state index in [9.17, 15) is 9.59 Å². The summed E-state index contributed by atoms with van der Waals surface area (Å²) in [6.07, 6.45) is 7.83. The zero-order valence-corrected chi connectivity index (χ0v) is 25.9. The van der Waals surface area contributed by atoms with E-state index in [4.69, 9.17) is 9.47 Å². The lowest BCUT2D eigenvalue weighted by Crippen LogP contribution is -2.73. The fourth-order valence-electron chi connectivity index (χ4n) is 7.87. The van der Waals surface area contributed by atoms with Crippen molar-refractivity contribution >= 4 is 11.9 Å². The molecular formula is C35H51N2O4+. The maximum Gasteiger partial charge on any atom is 0.303 e. The normalized spacial score (nSPS) is 27.6. The molecule has 1 N–H and O–H groups in total. The summed E-state index contributed by atoms with van der Waals surface area (Å²) in [6, 6.07) is 18.9. The van der Waals surface area contributed by atoms with Crippen LogP contribution in [0.1, 0.15) is 83.3 Å². The third-order valence-corrected chi connectivity index (χ3v) is 9.42. The van der Waals surface area contributed by atoms with Crippen LogP contribution in [0.25, 0.3) is 0 Å². The summed E-state index contributed by atoms with van der Waals surface area (Å²) in [5, 5.41) is 3.39. The van der Waals surface area contributed by atoms with Gasteiger partial charge in [-0.25, -0.2) is 0 Å². The molecule has 1 aliphatic carbocycles. The van der Waals surface area contributed by atoms with Crippen molar-refractivity contribution in [1.82, 2.24) is 5.32 Å². The van der Waals surface area contributed by atoms with Crippen LogP contribution in [-0.4, -0.2) is 61.8 Å². The lowest BCUT2D eigenvalue weighted by molar-refractivity contribution is -0.925. The highest BCUT2D eigenvalue weighted by molar-refractivity contribution is 5.76. The number of likely N-dealkylation sites (tertiary alicyclic amines) is 1. The molecule has 1 aliphatic heterocycles. The number of quaternary nitrogens is 1. The molecule has 2 aromatic rings. The number of hydrogen-bond acceptors (Lipinski definition) is 4. The maximum atomic E-state index is 13.1. The second kappa shape index (κ2) is 13.4. The Balaban J connectivity index is 1.50. The Hall–Kier alpha value is -2.86. The number of piperidine rings is 1. The van der Waals surface area contributed by atoms with Crippen LogP contribution < -0.4 is 10.1 Å². The Bertz CT molecular complexity index is 1170. The molecule has 1 saturated carbocycles. The van der Waals surface area contributed by atoms with E-state index in [1.807, 2.05) is 18.2 Å². The number of esters is 1. The highest BCUT2D eigenvalue weighted by Crippen LogP contribution is 2.55. The van der Waals surface area contributed by atoms with Gasteiger partial charge in [0.2, 0.25) is 5.91 Å². The number of rotatable bonds is 12. The van der Waals surface area contributed by atoms with E-state index in [0.29, 0.717) is 12.3 Å². The number of methoxy groups -OCH3 is 1. The van der Waals surface area contributed by atoms with Gasteiger partial charge in [0.15, 0.2) is 5.60 Å². The zero-order valence-electron chi connectivity index (χ0n) is 25.9. The van der Waals surface area contributed by atoms with Crippen molar-refractivity contribution in [1.29, 1.82) is 0 Å². The van der Waals surface area contributed by atoms with Crippen molar-refractivity contribution in [3.63, 3.8) is 0 Å². The summed E-state index contributed by atoms with van der Waals surface area (Å²) in [6.45, 7) is 8.89. The molecule has 1 heterocycles. The van der Waals surface area contributed by atoms with Gasteiger partial charge in [-0.3, -0.25) is 9.59 Å². The standard InChI is InChI=1S/C35H50N2O4/c1-27(2)25-37(4)22-21-34(30-16-12-17-32(23-30)40-5)24-31(19-20-35(34,26-37)41-28(3)38)36-33(39)18-11-7-10-15-29-13-8-6-9-14-29/h6,8-9,12-14,16-17,23,27,31H,7,10-11,15,18-22,24-26H2,1-5H3/p+1/t31-,34+,35?,37-/m0/s1. The molecule has 4 atom stereocenters. The summed E-state index contributed by atoms with van der Waals surface area (Å²) in [4.78, 5) is 25.8. The molecule has 224 valence electrons. The molecule has 2 aromatic carbocycles. The molecule has 1 amide bonds. The Morgan fingerprint density at radius 2 is 1.83 bits per heavy atom. The first kappa shape index (κ1) is 31.1. The van der Waals surface area contributed by atoms with Crippen molar-refractivity contribution in [2.24, 2.45) is 5.92 Å². The van der Waals surface area contributed by atoms with Crippen LogP contribution >= 0.6 is 0 Å². The van der Waals surface area contributed by atoms with Crippen molar-refractivity contribution < 1.29 is 23.5 Å². The van der Waals surface area contributed by atoms with Gasteiger partial charge in [-0.05, 0) is 61.8 Å². The minimum Gasteiger partial charge on any atom is -0.497 e. The molecule has 2 fully saturated rings. The molecule has 4 rings (SSSR count). The molecule has 2 aliphatic rings. The summed E-state index contributed by atoms with van der Waals surface area (Å²) >= 11 is 0. The molecule has 6 heteroatoms. The minimum atomic E-state index is -0.633. The minimum absolute atomic E-state index is 0.0451. The molecule has 0 radical (unpaired) electrons. The van der Waals surface area contributed by atoms with Crippen LogP contribution in [0.3, 0.4) is 0 Å². The van der Waals surface area contributed by atoms with E-state index in [0.717, 1.165) is 86.8 Å². The Kier molecular flexibility index (Phi) is 10.2. The van der Waals surface area contributed by atoms with Gasteiger partial charge in [-0.15, -0.1) is 0 Å². The third kappa shape index (κ3) is 7.51. The number of likely N-dealkylation sites (N-methyl/N-ethyl adjacent to an activating group) is 1. The van der Waals surface area contributed by atoms with E-state index in [1.165, 1.54) is 12.5 Å². The van der Waals surface area contributed by atoms with Gasteiger partial charge in [0, 0.05) is 37.1 Å². The first-order valence-electron chi connectivity index (χ1n) is 15.6. The number of nitrogens with zero attached hydrogens (tertiary/aromatic N) is 1. The van der Waals surface area contributed by atoms with Crippen LogP contribution in [0, 0.1) is 5.92 Å². The molecule has 1 saturated heterocycles. The fraction of sp³-hybridized carbons (Fsp3) is 0.600. The fourth-order valence-corrected chi connectivity index (χ4v) is 7.87. The second-order valence-corrected chi connectivity index (χ2v) is 13.3. The predicted octanol–water partition coefficient (Wildman–Crippen LogP) is 6.21. The van der Waals surface area contributed by atoms with Crippen LogP contribution in [0.2, 0.25) is 0 Å². The summed E-state index contributed by atoms with van der Waals surface area (Å²) in [7, 11) is 4.00. The van der Waals surface area contributed by atoms with E-state index >= 15 is 0 Å². The van der Waals surface area contributed by atoms with Crippen LogP contribution in [0.4, 0.5) is 0 Å². The molecule has 1 unspecified atom stereocenters. The number of benzene rings is 2. The Labute approximate surface area is 247 Å². The monoisotopic (exact) mass is 563 g/mol. The highest BCUT2D eigenvalue weighted by atomic mass is 16.6. The number of ether oxygens (including phenoxy) is 2. The van der Waals surface area contributed by atoms with Crippen LogP contribution in [-0.2, 0) is 26.2 Å². The number of aryl methyl sites for hydroxylation is 1.